The van der Waals surface area contributed by atoms with E-state index in [4.69, 9.17) is 11.6 Å². The van der Waals surface area contributed by atoms with Crippen molar-refractivity contribution in [3.63, 3.8) is 0 Å². The molecule has 1 heterocycles. The highest BCUT2D eigenvalue weighted by atomic mass is 35.5. The Morgan fingerprint density at radius 2 is 2.00 bits per heavy atom. The summed E-state index contributed by atoms with van der Waals surface area (Å²) in [6.07, 6.45) is -2.55. The van der Waals surface area contributed by atoms with Gasteiger partial charge in [-0.15, -0.1) is 10.2 Å². The molecular weight excluding hydrogens is 219 g/mol. The van der Waals surface area contributed by atoms with E-state index in [1.807, 2.05) is 0 Å². The standard InChI is InChI=1S/C7H7ClF3N3/c8-6-13-12-5(4-1-2-4)14(6)3-7(9,10)11/h4H,1-3H2. The van der Waals surface area contributed by atoms with Crippen molar-refractivity contribution in [1.29, 1.82) is 0 Å². The van der Waals surface area contributed by atoms with Gasteiger partial charge in [-0.2, -0.15) is 13.2 Å². The molecule has 7 heteroatoms. The van der Waals surface area contributed by atoms with E-state index in [-0.39, 0.29) is 11.2 Å². The second-order valence-corrected chi connectivity index (χ2v) is 3.64. The van der Waals surface area contributed by atoms with Crippen molar-refractivity contribution in [3.8, 4) is 0 Å². The maximum atomic E-state index is 12.1. The fraction of sp³-hybridized carbons (Fsp3) is 0.714. The quantitative estimate of drug-likeness (QED) is 0.774. The van der Waals surface area contributed by atoms with Crippen LogP contribution in [0.2, 0.25) is 5.28 Å². The topological polar surface area (TPSA) is 30.7 Å². The first-order chi connectivity index (χ1) is 6.47. The van der Waals surface area contributed by atoms with Crippen molar-refractivity contribution in [3.05, 3.63) is 11.1 Å². The Hall–Kier alpha value is -0.780. The zero-order valence-corrected chi connectivity index (χ0v) is 7.81. The van der Waals surface area contributed by atoms with Crippen molar-refractivity contribution >= 4 is 11.6 Å². The summed E-state index contributed by atoms with van der Waals surface area (Å²) in [7, 11) is 0. The fourth-order valence-electron chi connectivity index (χ4n) is 1.26. The predicted octanol–water partition coefficient (Wildman–Crippen LogP) is 2.37. The Bertz CT molecular complexity index is 342. The second kappa shape index (κ2) is 3.12. The van der Waals surface area contributed by atoms with E-state index in [1.54, 1.807) is 0 Å². The molecule has 0 N–H and O–H groups in total. The first-order valence-electron chi connectivity index (χ1n) is 4.13. The highest BCUT2D eigenvalue weighted by molar-refractivity contribution is 6.28. The lowest BCUT2D eigenvalue weighted by Gasteiger charge is -2.09. The van der Waals surface area contributed by atoms with Crippen LogP contribution >= 0.6 is 11.6 Å². The molecule has 2 rings (SSSR count). The third-order valence-corrected chi connectivity index (χ3v) is 2.29. The van der Waals surface area contributed by atoms with Gasteiger partial charge in [-0.3, -0.25) is 4.57 Å². The summed E-state index contributed by atoms with van der Waals surface area (Å²) in [5.41, 5.74) is 0. The SMILES string of the molecule is FC(F)(F)Cn1c(Cl)nnc1C1CC1. The molecule has 3 nitrogen and oxygen atoms in total. The molecule has 0 atom stereocenters. The van der Waals surface area contributed by atoms with Gasteiger partial charge in [-0.1, -0.05) is 0 Å². The van der Waals surface area contributed by atoms with Crippen LogP contribution in [0.25, 0.3) is 0 Å². The molecule has 0 bridgehead atoms. The number of aromatic nitrogens is 3. The highest BCUT2D eigenvalue weighted by Crippen LogP contribution is 2.40. The summed E-state index contributed by atoms with van der Waals surface area (Å²) in [6.45, 7) is -1.11. The van der Waals surface area contributed by atoms with Crippen molar-refractivity contribution in [1.82, 2.24) is 14.8 Å². The smallest absolute Gasteiger partial charge is 0.292 e. The molecule has 1 aromatic rings. The van der Waals surface area contributed by atoms with Crippen LogP contribution in [0.1, 0.15) is 24.6 Å². The molecule has 0 spiro atoms. The molecular formula is C7H7ClF3N3. The second-order valence-electron chi connectivity index (χ2n) is 3.30. The minimum Gasteiger partial charge on any atom is -0.292 e. The lowest BCUT2D eigenvalue weighted by molar-refractivity contribution is -0.141. The Labute approximate surface area is 82.9 Å². The maximum Gasteiger partial charge on any atom is 0.406 e. The molecule has 1 aliphatic carbocycles. The van der Waals surface area contributed by atoms with Crippen LogP contribution in [-0.4, -0.2) is 20.9 Å². The van der Waals surface area contributed by atoms with Gasteiger partial charge < -0.3 is 0 Å². The Morgan fingerprint density at radius 1 is 1.36 bits per heavy atom. The zero-order valence-electron chi connectivity index (χ0n) is 7.05. The van der Waals surface area contributed by atoms with Gasteiger partial charge in [0.05, 0.1) is 0 Å². The Kier molecular flexibility index (Phi) is 2.17. The van der Waals surface area contributed by atoms with Gasteiger partial charge in [-0.05, 0) is 24.4 Å². The van der Waals surface area contributed by atoms with E-state index in [9.17, 15) is 13.2 Å². The van der Waals surface area contributed by atoms with Gasteiger partial charge in [0, 0.05) is 5.92 Å². The van der Waals surface area contributed by atoms with Crippen LogP contribution < -0.4 is 0 Å². The number of hydrogen-bond donors (Lipinski definition) is 0. The summed E-state index contributed by atoms with van der Waals surface area (Å²) in [6, 6.07) is 0. The average Bonchev–Trinajstić information content (AvgIpc) is 2.80. The summed E-state index contributed by atoms with van der Waals surface area (Å²) >= 11 is 5.51. The van der Waals surface area contributed by atoms with Gasteiger partial charge in [0.25, 0.3) is 0 Å². The van der Waals surface area contributed by atoms with Gasteiger partial charge in [-0.25, -0.2) is 0 Å². The normalized spacial score (nSPS) is 17.4. The Balaban J connectivity index is 2.25. The van der Waals surface area contributed by atoms with Crippen molar-refractivity contribution in [2.75, 3.05) is 0 Å². The van der Waals surface area contributed by atoms with Crippen LogP contribution in [0.3, 0.4) is 0 Å². The molecule has 1 saturated carbocycles. The molecule has 1 aromatic heterocycles. The number of rotatable bonds is 2. The molecule has 0 unspecified atom stereocenters. The van der Waals surface area contributed by atoms with E-state index in [2.05, 4.69) is 10.2 Å². The summed E-state index contributed by atoms with van der Waals surface area (Å²) < 4.78 is 37.3. The molecule has 1 aliphatic rings. The van der Waals surface area contributed by atoms with Crippen LogP contribution in [0, 0.1) is 0 Å². The van der Waals surface area contributed by atoms with Crippen LogP contribution in [0.4, 0.5) is 13.2 Å². The van der Waals surface area contributed by atoms with Crippen LogP contribution in [-0.2, 0) is 6.54 Å². The van der Waals surface area contributed by atoms with E-state index in [0.717, 1.165) is 17.4 Å². The summed E-state index contributed by atoms with van der Waals surface area (Å²) in [5.74, 6) is 0.463. The van der Waals surface area contributed by atoms with E-state index >= 15 is 0 Å². The lowest BCUT2D eigenvalue weighted by atomic mass is 10.4. The zero-order chi connectivity index (χ0) is 10.3. The lowest BCUT2D eigenvalue weighted by Crippen LogP contribution is -2.19. The molecule has 0 amide bonds. The number of alkyl halides is 3. The summed E-state index contributed by atoms with van der Waals surface area (Å²) in [5, 5.41) is 6.89. The minimum absolute atomic E-state index is 0.109. The first-order valence-corrected chi connectivity index (χ1v) is 4.50. The summed E-state index contributed by atoms with van der Waals surface area (Å²) in [4.78, 5) is 0. The molecule has 78 valence electrons. The number of hydrogen-bond acceptors (Lipinski definition) is 2. The van der Waals surface area contributed by atoms with Crippen molar-refractivity contribution < 1.29 is 13.2 Å². The first kappa shape index (κ1) is 9.76. The fourth-order valence-corrected chi connectivity index (χ4v) is 1.45. The van der Waals surface area contributed by atoms with Crippen LogP contribution in [0.5, 0.6) is 0 Å². The third kappa shape index (κ3) is 2.00. The maximum absolute atomic E-state index is 12.1. The third-order valence-electron chi connectivity index (χ3n) is 2.01. The van der Waals surface area contributed by atoms with Gasteiger partial charge in [0.1, 0.15) is 12.4 Å². The molecule has 0 radical (unpaired) electrons. The molecule has 0 aliphatic heterocycles. The number of nitrogens with zero attached hydrogens (tertiary/aromatic N) is 3. The average molecular weight is 226 g/mol. The van der Waals surface area contributed by atoms with E-state index in [0.29, 0.717) is 5.82 Å². The predicted molar refractivity (Wildman–Crippen MR) is 43.1 cm³/mol. The van der Waals surface area contributed by atoms with Gasteiger partial charge in [0.15, 0.2) is 0 Å². The van der Waals surface area contributed by atoms with E-state index in [1.165, 1.54) is 0 Å². The largest absolute Gasteiger partial charge is 0.406 e. The van der Waals surface area contributed by atoms with E-state index < -0.39 is 12.7 Å². The monoisotopic (exact) mass is 225 g/mol. The molecule has 1 fully saturated rings. The molecule has 14 heavy (non-hydrogen) atoms. The minimum atomic E-state index is -4.28. The van der Waals surface area contributed by atoms with Crippen LogP contribution in [0.15, 0.2) is 0 Å². The molecule has 0 saturated heterocycles. The van der Waals surface area contributed by atoms with Gasteiger partial charge >= 0.3 is 6.18 Å². The molecule has 0 aromatic carbocycles. The van der Waals surface area contributed by atoms with Gasteiger partial charge in [0.2, 0.25) is 5.28 Å². The van der Waals surface area contributed by atoms with Crippen molar-refractivity contribution in [2.45, 2.75) is 31.5 Å². The Morgan fingerprint density at radius 3 is 2.50 bits per heavy atom. The van der Waals surface area contributed by atoms with Crippen molar-refractivity contribution in [2.24, 2.45) is 0 Å². The number of halogens is 4. The highest BCUT2D eigenvalue weighted by Gasteiger charge is 2.35.